The van der Waals surface area contributed by atoms with Crippen LogP contribution in [0.1, 0.15) is 17.0 Å². The molecule has 3 nitrogen and oxygen atoms in total. The molecule has 0 bridgehead atoms. The van der Waals surface area contributed by atoms with Gasteiger partial charge in [0.1, 0.15) is 0 Å². The van der Waals surface area contributed by atoms with Gasteiger partial charge in [0, 0.05) is 19.3 Å². The lowest BCUT2D eigenvalue weighted by Crippen LogP contribution is -2.29. The molecular formula is C18H21NO2. The van der Waals surface area contributed by atoms with Crippen molar-refractivity contribution in [1.29, 1.82) is 0 Å². The molecule has 0 saturated carbocycles. The SMILES string of the molecule is COC(=O)C(CN(C)c1cccc(C)c1)c1ccccc1. The highest BCUT2D eigenvalue weighted by Gasteiger charge is 2.23. The quantitative estimate of drug-likeness (QED) is 0.788. The number of esters is 1. The zero-order valence-electron chi connectivity index (χ0n) is 12.7. The van der Waals surface area contributed by atoms with Crippen molar-refractivity contribution in [3.05, 3.63) is 65.7 Å². The van der Waals surface area contributed by atoms with Crippen molar-refractivity contribution in [3.63, 3.8) is 0 Å². The molecule has 0 spiro atoms. The summed E-state index contributed by atoms with van der Waals surface area (Å²) in [4.78, 5) is 14.2. The molecule has 2 rings (SSSR count). The van der Waals surface area contributed by atoms with E-state index in [1.165, 1.54) is 12.7 Å². The fraction of sp³-hybridized carbons (Fsp3) is 0.278. The third kappa shape index (κ3) is 3.85. The molecule has 0 aliphatic heterocycles. The van der Waals surface area contributed by atoms with Gasteiger partial charge in [0.05, 0.1) is 13.0 Å². The summed E-state index contributed by atoms with van der Waals surface area (Å²) in [7, 11) is 3.43. The van der Waals surface area contributed by atoms with Crippen LogP contribution in [0.3, 0.4) is 0 Å². The van der Waals surface area contributed by atoms with E-state index in [0.29, 0.717) is 6.54 Å². The van der Waals surface area contributed by atoms with Crippen LogP contribution in [0.5, 0.6) is 0 Å². The van der Waals surface area contributed by atoms with Gasteiger partial charge in [-0.3, -0.25) is 4.79 Å². The van der Waals surface area contributed by atoms with Gasteiger partial charge in [-0.1, -0.05) is 42.5 Å². The number of aryl methyl sites for hydroxylation is 1. The minimum absolute atomic E-state index is 0.208. The Labute approximate surface area is 126 Å². The molecule has 0 fully saturated rings. The Morgan fingerprint density at radius 3 is 2.48 bits per heavy atom. The Bertz CT molecular complexity index is 595. The number of anilines is 1. The molecule has 1 unspecified atom stereocenters. The number of hydrogen-bond acceptors (Lipinski definition) is 3. The Balaban J connectivity index is 2.21. The van der Waals surface area contributed by atoms with E-state index in [1.54, 1.807) is 0 Å². The van der Waals surface area contributed by atoms with E-state index < -0.39 is 0 Å². The summed E-state index contributed by atoms with van der Waals surface area (Å²) in [5.41, 5.74) is 3.28. The highest BCUT2D eigenvalue weighted by atomic mass is 16.5. The first kappa shape index (κ1) is 15.1. The zero-order chi connectivity index (χ0) is 15.2. The van der Waals surface area contributed by atoms with Crippen LogP contribution in [-0.2, 0) is 9.53 Å². The summed E-state index contributed by atoms with van der Waals surface area (Å²) in [5.74, 6) is -0.498. The lowest BCUT2D eigenvalue weighted by atomic mass is 9.98. The van der Waals surface area contributed by atoms with Crippen molar-refractivity contribution in [3.8, 4) is 0 Å². The summed E-state index contributed by atoms with van der Waals surface area (Å²) >= 11 is 0. The summed E-state index contributed by atoms with van der Waals surface area (Å²) in [6.45, 7) is 2.65. The Hall–Kier alpha value is -2.29. The molecule has 2 aromatic carbocycles. The number of benzene rings is 2. The van der Waals surface area contributed by atoms with Crippen molar-refractivity contribution >= 4 is 11.7 Å². The number of rotatable bonds is 5. The van der Waals surface area contributed by atoms with E-state index >= 15 is 0 Å². The Morgan fingerprint density at radius 2 is 1.86 bits per heavy atom. The highest BCUT2D eigenvalue weighted by molar-refractivity contribution is 5.79. The minimum Gasteiger partial charge on any atom is -0.468 e. The van der Waals surface area contributed by atoms with Crippen LogP contribution in [0, 0.1) is 6.92 Å². The van der Waals surface area contributed by atoms with Crippen LogP contribution in [0.2, 0.25) is 0 Å². The van der Waals surface area contributed by atoms with Crippen LogP contribution in [-0.4, -0.2) is 26.7 Å². The summed E-state index contributed by atoms with van der Waals surface area (Å²) in [6.07, 6.45) is 0. The number of likely N-dealkylation sites (N-methyl/N-ethyl adjacent to an activating group) is 1. The van der Waals surface area contributed by atoms with Gasteiger partial charge in [0.15, 0.2) is 0 Å². The number of nitrogens with zero attached hydrogens (tertiary/aromatic N) is 1. The van der Waals surface area contributed by atoms with Gasteiger partial charge in [0.2, 0.25) is 0 Å². The zero-order valence-corrected chi connectivity index (χ0v) is 12.7. The first-order chi connectivity index (χ1) is 10.1. The first-order valence-electron chi connectivity index (χ1n) is 7.02. The fourth-order valence-corrected chi connectivity index (χ4v) is 2.39. The first-order valence-corrected chi connectivity index (χ1v) is 7.02. The average Bonchev–Trinajstić information content (AvgIpc) is 2.52. The molecule has 3 heteroatoms. The molecule has 0 saturated heterocycles. The second-order valence-corrected chi connectivity index (χ2v) is 5.21. The van der Waals surface area contributed by atoms with Gasteiger partial charge in [-0.25, -0.2) is 0 Å². The largest absolute Gasteiger partial charge is 0.468 e. The van der Waals surface area contributed by atoms with Gasteiger partial charge < -0.3 is 9.64 Å². The normalized spacial score (nSPS) is 11.8. The third-order valence-electron chi connectivity index (χ3n) is 3.59. The molecule has 0 radical (unpaired) electrons. The van der Waals surface area contributed by atoms with Crippen LogP contribution in [0.4, 0.5) is 5.69 Å². The third-order valence-corrected chi connectivity index (χ3v) is 3.59. The summed E-state index contributed by atoms with van der Waals surface area (Å²) < 4.78 is 4.96. The number of ether oxygens (including phenoxy) is 1. The maximum absolute atomic E-state index is 12.1. The molecule has 1 atom stereocenters. The number of hydrogen-bond donors (Lipinski definition) is 0. The molecule has 0 aliphatic carbocycles. The monoisotopic (exact) mass is 283 g/mol. The number of carbonyl (C=O) groups is 1. The molecule has 110 valence electrons. The molecule has 0 heterocycles. The van der Waals surface area contributed by atoms with Crippen molar-refractivity contribution < 1.29 is 9.53 Å². The molecule has 0 amide bonds. The minimum atomic E-state index is -0.290. The summed E-state index contributed by atoms with van der Waals surface area (Å²) in [6, 6.07) is 18.0. The smallest absolute Gasteiger partial charge is 0.314 e. The number of carbonyl (C=O) groups excluding carboxylic acids is 1. The molecule has 21 heavy (non-hydrogen) atoms. The standard InChI is InChI=1S/C18H21NO2/c1-14-8-7-11-16(12-14)19(2)13-17(18(20)21-3)15-9-5-4-6-10-15/h4-12,17H,13H2,1-3H3. The van der Waals surface area contributed by atoms with E-state index in [-0.39, 0.29) is 11.9 Å². The Kier molecular flexibility index (Phi) is 4.99. The van der Waals surface area contributed by atoms with E-state index in [1.807, 2.05) is 49.5 Å². The van der Waals surface area contributed by atoms with Crippen LogP contribution in [0.15, 0.2) is 54.6 Å². The van der Waals surface area contributed by atoms with Gasteiger partial charge in [-0.15, -0.1) is 0 Å². The second kappa shape index (κ2) is 6.93. The van der Waals surface area contributed by atoms with E-state index in [2.05, 4.69) is 24.0 Å². The molecular weight excluding hydrogens is 262 g/mol. The highest BCUT2D eigenvalue weighted by Crippen LogP contribution is 2.22. The van der Waals surface area contributed by atoms with E-state index in [4.69, 9.17) is 4.74 Å². The van der Waals surface area contributed by atoms with Gasteiger partial charge in [-0.2, -0.15) is 0 Å². The maximum Gasteiger partial charge on any atom is 0.314 e. The Morgan fingerprint density at radius 1 is 1.14 bits per heavy atom. The maximum atomic E-state index is 12.1. The van der Waals surface area contributed by atoms with E-state index in [9.17, 15) is 4.79 Å². The van der Waals surface area contributed by atoms with Gasteiger partial charge in [0.25, 0.3) is 0 Å². The average molecular weight is 283 g/mol. The van der Waals surface area contributed by atoms with Crippen LogP contribution in [0.25, 0.3) is 0 Å². The summed E-state index contributed by atoms with van der Waals surface area (Å²) in [5, 5.41) is 0. The van der Waals surface area contributed by atoms with Gasteiger partial charge in [-0.05, 0) is 30.2 Å². The second-order valence-electron chi connectivity index (χ2n) is 5.21. The lowest BCUT2D eigenvalue weighted by Gasteiger charge is -2.25. The van der Waals surface area contributed by atoms with Crippen molar-refractivity contribution in [1.82, 2.24) is 0 Å². The molecule has 0 aromatic heterocycles. The van der Waals surface area contributed by atoms with Crippen LogP contribution >= 0.6 is 0 Å². The van der Waals surface area contributed by atoms with Crippen molar-refractivity contribution in [2.75, 3.05) is 25.6 Å². The van der Waals surface area contributed by atoms with Crippen LogP contribution < -0.4 is 4.90 Å². The predicted molar refractivity (Wildman–Crippen MR) is 85.6 cm³/mol. The topological polar surface area (TPSA) is 29.5 Å². The van der Waals surface area contributed by atoms with Gasteiger partial charge >= 0.3 is 5.97 Å². The lowest BCUT2D eigenvalue weighted by molar-refractivity contribution is -0.142. The van der Waals surface area contributed by atoms with Crippen molar-refractivity contribution in [2.45, 2.75) is 12.8 Å². The number of methoxy groups -OCH3 is 1. The fourth-order valence-electron chi connectivity index (χ4n) is 2.39. The van der Waals surface area contributed by atoms with Crippen molar-refractivity contribution in [2.24, 2.45) is 0 Å². The predicted octanol–water partition coefficient (Wildman–Crippen LogP) is 3.39. The molecule has 2 aromatic rings. The van der Waals surface area contributed by atoms with E-state index in [0.717, 1.165) is 11.3 Å². The molecule has 0 aliphatic rings. The molecule has 0 N–H and O–H groups in total.